The number of alkyl halides is 1. The van der Waals surface area contributed by atoms with Gasteiger partial charge in [-0.1, -0.05) is 6.07 Å². The van der Waals surface area contributed by atoms with Crippen molar-refractivity contribution in [2.45, 2.75) is 32.2 Å². The van der Waals surface area contributed by atoms with Crippen molar-refractivity contribution < 1.29 is 0 Å². The van der Waals surface area contributed by atoms with Crippen LogP contribution in [0.4, 0.5) is 0 Å². The van der Waals surface area contributed by atoms with Gasteiger partial charge < -0.3 is 4.57 Å². The number of rotatable bonds is 3. The summed E-state index contributed by atoms with van der Waals surface area (Å²) in [5.41, 5.74) is 4.69. The Morgan fingerprint density at radius 1 is 1.25 bits per heavy atom. The molecule has 104 valence electrons. The molecule has 0 saturated heterocycles. The first-order chi connectivity index (χ1) is 9.58. The summed E-state index contributed by atoms with van der Waals surface area (Å²) in [6.07, 6.45) is 0. The molecule has 1 aromatic carbocycles. The summed E-state index contributed by atoms with van der Waals surface area (Å²) in [5.74, 6) is 0.936. The third-order valence-corrected chi connectivity index (χ3v) is 4.54. The van der Waals surface area contributed by atoms with Crippen LogP contribution < -0.4 is 0 Å². The number of hydrogen-bond acceptors (Lipinski definition) is 2. The van der Waals surface area contributed by atoms with Crippen molar-refractivity contribution in [1.29, 1.82) is 0 Å². The van der Waals surface area contributed by atoms with E-state index in [2.05, 4.69) is 53.4 Å². The summed E-state index contributed by atoms with van der Waals surface area (Å²) in [5, 5.41) is 4.19. The molecule has 0 saturated carbocycles. The second kappa shape index (κ2) is 5.23. The van der Waals surface area contributed by atoms with Crippen LogP contribution in [0.1, 0.15) is 42.2 Å². The zero-order chi connectivity index (χ0) is 14.3. The number of thiophene rings is 1. The van der Waals surface area contributed by atoms with Crippen LogP contribution in [-0.2, 0) is 0 Å². The first-order valence-corrected chi connectivity index (χ1v) is 8.10. The number of nitrogens with zero attached hydrogens (tertiary/aromatic N) is 2. The fraction of sp³-hybridized carbons (Fsp3) is 0.312. The highest BCUT2D eigenvalue weighted by molar-refractivity contribution is 7.07. The van der Waals surface area contributed by atoms with Crippen LogP contribution in [0.2, 0.25) is 0 Å². The summed E-state index contributed by atoms with van der Waals surface area (Å²) in [7, 11) is 0. The monoisotopic (exact) mass is 304 g/mol. The molecule has 0 fully saturated rings. The summed E-state index contributed by atoms with van der Waals surface area (Å²) < 4.78 is 2.26. The average Bonchev–Trinajstić information content (AvgIpc) is 3.04. The van der Waals surface area contributed by atoms with Gasteiger partial charge in [0.25, 0.3) is 0 Å². The van der Waals surface area contributed by atoms with E-state index in [9.17, 15) is 0 Å². The summed E-state index contributed by atoms with van der Waals surface area (Å²) >= 11 is 8.06. The van der Waals surface area contributed by atoms with E-state index in [0.29, 0.717) is 0 Å². The molecule has 0 aliphatic rings. The van der Waals surface area contributed by atoms with E-state index in [1.54, 1.807) is 11.3 Å². The number of hydrogen-bond donors (Lipinski definition) is 0. The van der Waals surface area contributed by atoms with Crippen LogP contribution in [0, 0.1) is 6.92 Å². The van der Waals surface area contributed by atoms with Crippen molar-refractivity contribution in [3.63, 3.8) is 0 Å². The molecule has 2 heterocycles. The Morgan fingerprint density at radius 3 is 2.70 bits per heavy atom. The molecule has 0 amide bonds. The van der Waals surface area contributed by atoms with Crippen LogP contribution in [0.5, 0.6) is 0 Å². The third-order valence-electron chi connectivity index (χ3n) is 3.64. The Bertz CT molecular complexity index is 728. The van der Waals surface area contributed by atoms with Gasteiger partial charge in [-0.2, -0.15) is 11.3 Å². The standard InChI is InChI=1S/C16H17ClN2S/c1-10-4-5-15-14(8-10)18-16(11(2)17)19(15)12(3)13-6-7-20-9-13/h4-9,11-12H,1-3H3. The lowest BCUT2D eigenvalue weighted by Crippen LogP contribution is -2.10. The van der Waals surface area contributed by atoms with Gasteiger partial charge in [0.05, 0.1) is 22.5 Å². The van der Waals surface area contributed by atoms with E-state index in [4.69, 9.17) is 16.6 Å². The molecule has 3 rings (SSSR count). The fourth-order valence-electron chi connectivity index (χ4n) is 2.58. The van der Waals surface area contributed by atoms with E-state index < -0.39 is 0 Å². The van der Waals surface area contributed by atoms with Gasteiger partial charge in [0.2, 0.25) is 0 Å². The molecule has 2 atom stereocenters. The Labute approximate surface area is 128 Å². The molecule has 2 nitrogen and oxygen atoms in total. The molecule has 0 N–H and O–H groups in total. The van der Waals surface area contributed by atoms with Crippen molar-refractivity contribution in [1.82, 2.24) is 9.55 Å². The van der Waals surface area contributed by atoms with E-state index >= 15 is 0 Å². The Balaban J connectivity index is 2.24. The Morgan fingerprint density at radius 2 is 2.05 bits per heavy atom. The maximum Gasteiger partial charge on any atom is 0.128 e. The number of aryl methyl sites for hydroxylation is 1. The van der Waals surface area contributed by atoms with Crippen LogP contribution in [0.25, 0.3) is 11.0 Å². The van der Waals surface area contributed by atoms with Gasteiger partial charge in [0.15, 0.2) is 0 Å². The minimum atomic E-state index is -0.108. The Hall–Kier alpha value is -1.32. The molecule has 20 heavy (non-hydrogen) atoms. The van der Waals surface area contributed by atoms with Crippen molar-refractivity contribution >= 4 is 34.0 Å². The highest BCUT2D eigenvalue weighted by atomic mass is 35.5. The van der Waals surface area contributed by atoms with E-state index in [0.717, 1.165) is 16.9 Å². The summed E-state index contributed by atoms with van der Waals surface area (Å²) in [6.45, 7) is 6.27. The van der Waals surface area contributed by atoms with Crippen molar-refractivity contribution in [3.05, 3.63) is 52.0 Å². The van der Waals surface area contributed by atoms with Crippen LogP contribution >= 0.6 is 22.9 Å². The lowest BCUT2D eigenvalue weighted by molar-refractivity contribution is 0.620. The lowest BCUT2D eigenvalue weighted by atomic mass is 10.1. The van der Waals surface area contributed by atoms with Gasteiger partial charge in [-0.15, -0.1) is 11.6 Å². The smallest absolute Gasteiger partial charge is 0.128 e. The topological polar surface area (TPSA) is 17.8 Å². The molecule has 0 radical (unpaired) electrons. The molecule has 2 aromatic heterocycles. The van der Waals surface area contributed by atoms with Gasteiger partial charge >= 0.3 is 0 Å². The second-order valence-corrected chi connectivity index (χ2v) is 6.62. The zero-order valence-corrected chi connectivity index (χ0v) is 13.4. The molecule has 3 aromatic rings. The highest BCUT2D eigenvalue weighted by Crippen LogP contribution is 2.32. The van der Waals surface area contributed by atoms with Crippen molar-refractivity contribution in [3.8, 4) is 0 Å². The van der Waals surface area contributed by atoms with Crippen LogP contribution in [0.15, 0.2) is 35.0 Å². The van der Waals surface area contributed by atoms with E-state index in [1.807, 2.05) is 6.92 Å². The maximum atomic E-state index is 6.34. The highest BCUT2D eigenvalue weighted by Gasteiger charge is 2.20. The first-order valence-electron chi connectivity index (χ1n) is 6.72. The minimum absolute atomic E-state index is 0.108. The number of halogens is 1. The molecule has 4 heteroatoms. The predicted molar refractivity (Wildman–Crippen MR) is 86.9 cm³/mol. The lowest BCUT2D eigenvalue weighted by Gasteiger charge is -2.17. The SMILES string of the molecule is Cc1ccc2c(c1)nc(C(C)Cl)n2C(C)c1ccsc1. The van der Waals surface area contributed by atoms with Crippen molar-refractivity contribution in [2.75, 3.05) is 0 Å². The van der Waals surface area contributed by atoms with Crippen molar-refractivity contribution in [2.24, 2.45) is 0 Å². The molecular weight excluding hydrogens is 288 g/mol. The first kappa shape index (κ1) is 13.7. The normalized spacial score (nSPS) is 14.6. The number of imidazole rings is 1. The maximum absolute atomic E-state index is 6.34. The average molecular weight is 305 g/mol. The molecule has 0 aliphatic heterocycles. The summed E-state index contributed by atoms with van der Waals surface area (Å²) in [4.78, 5) is 4.74. The molecule has 2 unspecified atom stereocenters. The van der Waals surface area contributed by atoms with Crippen LogP contribution in [-0.4, -0.2) is 9.55 Å². The quantitative estimate of drug-likeness (QED) is 0.599. The zero-order valence-electron chi connectivity index (χ0n) is 11.8. The van der Waals surface area contributed by atoms with Gasteiger partial charge in [0, 0.05) is 0 Å². The molecule has 0 aliphatic carbocycles. The fourth-order valence-corrected chi connectivity index (χ4v) is 3.48. The number of benzene rings is 1. The van der Waals surface area contributed by atoms with Gasteiger partial charge in [0.1, 0.15) is 5.82 Å². The summed E-state index contributed by atoms with van der Waals surface area (Å²) in [6, 6.07) is 8.80. The molecule has 0 spiro atoms. The Kier molecular flexibility index (Phi) is 3.57. The van der Waals surface area contributed by atoms with Gasteiger partial charge in [-0.3, -0.25) is 0 Å². The predicted octanol–water partition coefficient (Wildman–Crippen LogP) is 5.32. The van der Waals surface area contributed by atoms with E-state index in [1.165, 1.54) is 11.1 Å². The van der Waals surface area contributed by atoms with Gasteiger partial charge in [-0.25, -0.2) is 4.98 Å². The third kappa shape index (κ3) is 2.25. The largest absolute Gasteiger partial charge is 0.319 e. The molecular formula is C16H17ClN2S. The number of fused-ring (bicyclic) bond motifs is 1. The van der Waals surface area contributed by atoms with Gasteiger partial charge in [-0.05, 0) is 60.9 Å². The second-order valence-electron chi connectivity index (χ2n) is 5.18. The van der Waals surface area contributed by atoms with E-state index in [-0.39, 0.29) is 11.4 Å². The molecule has 0 bridgehead atoms. The van der Waals surface area contributed by atoms with Crippen LogP contribution in [0.3, 0.4) is 0 Å². The number of aromatic nitrogens is 2. The minimum Gasteiger partial charge on any atom is -0.319 e.